The fraction of sp³-hybridized carbons (Fsp3) is 0.250. The fourth-order valence-electron chi connectivity index (χ4n) is 2.65. The lowest BCUT2D eigenvalue weighted by Gasteiger charge is -2.19. The number of aromatic nitrogens is 2. The number of sulfonamides is 1. The van der Waals surface area contributed by atoms with E-state index in [0.717, 1.165) is 28.0 Å². The molecule has 9 heteroatoms. The van der Waals surface area contributed by atoms with Crippen LogP contribution in [-0.4, -0.2) is 24.5 Å². The summed E-state index contributed by atoms with van der Waals surface area (Å²) in [5, 5.41) is 10.3. The van der Waals surface area contributed by atoms with Crippen molar-refractivity contribution in [2.45, 2.75) is 31.2 Å². The smallest absolute Gasteiger partial charge is 0.270 e. The first-order chi connectivity index (χ1) is 13.8. The maximum absolute atomic E-state index is 13.0. The number of carbonyl (C=O) groups is 1. The molecule has 1 unspecified atom stereocenters. The van der Waals surface area contributed by atoms with Crippen molar-refractivity contribution < 1.29 is 13.2 Å². The molecule has 7 nitrogen and oxygen atoms in total. The van der Waals surface area contributed by atoms with Gasteiger partial charge in [0.1, 0.15) is 0 Å². The third kappa shape index (κ3) is 5.26. The van der Waals surface area contributed by atoms with Crippen LogP contribution in [0.2, 0.25) is 0 Å². The average Bonchev–Trinajstić information content (AvgIpc) is 3.16. The van der Waals surface area contributed by atoms with Crippen LogP contribution in [0.3, 0.4) is 0 Å². The zero-order chi connectivity index (χ0) is 21.0. The Bertz CT molecular complexity index is 1100. The van der Waals surface area contributed by atoms with Crippen molar-refractivity contribution in [3.63, 3.8) is 0 Å². The molecule has 0 fully saturated rings. The molecule has 0 saturated carbocycles. The van der Waals surface area contributed by atoms with E-state index in [1.165, 1.54) is 0 Å². The highest BCUT2D eigenvalue weighted by Gasteiger charge is 2.27. The van der Waals surface area contributed by atoms with Crippen LogP contribution in [0.25, 0.3) is 0 Å². The van der Waals surface area contributed by atoms with E-state index in [2.05, 4.69) is 20.2 Å². The number of aryl methyl sites for hydroxylation is 1. The molecule has 3 aromatic rings. The summed E-state index contributed by atoms with van der Waals surface area (Å²) in [5.41, 5.74) is 2.65. The second-order valence-corrected chi connectivity index (χ2v) is 9.76. The summed E-state index contributed by atoms with van der Waals surface area (Å²) in [7, 11) is -3.96. The maximum atomic E-state index is 13.0. The van der Waals surface area contributed by atoms with E-state index in [1.54, 1.807) is 13.8 Å². The van der Waals surface area contributed by atoms with Gasteiger partial charge < -0.3 is 5.32 Å². The molecule has 0 bridgehead atoms. The van der Waals surface area contributed by atoms with E-state index in [0.29, 0.717) is 0 Å². The van der Waals surface area contributed by atoms with Crippen LogP contribution in [0.4, 0.5) is 5.13 Å². The van der Waals surface area contributed by atoms with E-state index in [9.17, 15) is 13.2 Å². The molecule has 0 saturated heterocycles. The van der Waals surface area contributed by atoms with Gasteiger partial charge in [0.05, 0.1) is 6.04 Å². The number of benzene rings is 2. The summed E-state index contributed by atoms with van der Waals surface area (Å²) in [5.74, 6) is -0.499. The van der Waals surface area contributed by atoms with E-state index < -0.39 is 16.1 Å². The van der Waals surface area contributed by atoms with E-state index in [-0.39, 0.29) is 21.3 Å². The minimum Gasteiger partial charge on any atom is -0.300 e. The van der Waals surface area contributed by atoms with E-state index in [1.807, 2.05) is 61.5 Å². The molecule has 0 spiro atoms. The Morgan fingerprint density at radius 3 is 2.34 bits per heavy atom. The first-order valence-electron chi connectivity index (χ1n) is 9.04. The van der Waals surface area contributed by atoms with Gasteiger partial charge >= 0.3 is 0 Å². The molecule has 0 aliphatic rings. The Balaban J connectivity index is 1.91. The van der Waals surface area contributed by atoms with Crippen LogP contribution in [-0.2, 0) is 14.8 Å². The normalized spacial score (nSPS) is 12.7. The molecule has 0 aliphatic heterocycles. The molecule has 0 aliphatic carbocycles. The first kappa shape index (κ1) is 21.1. The van der Waals surface area contributed by atoms with Gasteiger partial charge in [0.15, 0.2) is 0 Å². The Hall–Kier alpha value is -2.62. The predicted octanol–water partition coefficient (Wildman–Crippen LogP) is 3.51. The van der Waals surface area contributed by atoms with Gasteiger partial charge in [-0.05, 0) is 18.1 Å². The molecule has 1 heterocycles. The van der Waals surface area contributed by atoms with Crippen molar-refractivity contribution in [1.82, 2.24) is 14.9 Å². The molecular formula is C20H22N4O3S2. The topological polar surface area (TPSA) is 101 Å². The maximum Gasteiger partial charge on any atom is 0.270 e. The third-order valence-corrected chi connectivity index (χ3v) is 6.80. The Kier molecular flexibility index (Phi) is 6.41. The SMILES string of the molecule is Cc1cccc(C(NS(=O)(=O)c2nnc(NC(=O)C(C)C)s2)c2ccccc2)c1. The summed E-state index contributed by atoms with van der Waals surface area (Å²) in [6.45, 7) is 5.43. The summed E-state index contributed by atoms with van der Waals surface area (Å²) in [6.07, 6.45) is 0. The molecule has 2 aromatic carbocycles. The van der Waals surface area contributed by atoms with Crippen LogP contribution in [0.15, 0.2) is 58.9 Å². The summed E-state index contributed by atoms with van der Waals surface area (Å²) in [6, 6.07) is 16.4. The monoisotopic (exact) mass is 430 g/mol. The summed E-state index contributed by atoms with van der Waals surface area (Å²) in [4.78, 5) is 11.8. The van der Waals surface area contributed by atoms with Crippen molar-refractivity contribution in [2.75, 3.05) is 5.32 Å². The lowest BCUT2D eigenvalue weighted by atomic mass is 9.98. The molecule has 1 atom stereocenters. The van der Waals surface area contributed by atoms with Crippen molar-refractivity contribution in [3.8, 4) is 0 Å². The van der Waals surface area contributed by atoms with Crippen molar-refractivity contribution in [2.24, 2.45) is 5.92 Å². The lowest BCUT2D eigenvalue weighted by Crippen LogP contribution is -2.29. The largest absolute Gasteiger partial charge is 0.300 e. The van der Waals surface area contributed by atoms with Crippen molar-refractivity contribution in [1.29, 1.82) is 0 Å². The number of hydrogen-bond acceptors (Lipinski definition) is 6. The van der Waals surface area contributed by atoms with Gasteiger partial charge in [-0.3, -0.25) is 4.79 Å². The number of hydrogen-bond donors (Lipinski definition) is 2. The van der Waals surface area contributed by atoms with Gasteiger partial charge in [-0.25, -0.2) is 8.42 Å². The Morgan fingerprint density at radius 2 is 1.69 bits per heavy atom. The number of nitrogens with one attached hydrogen (secondary N) is 2. The van der Waals surface area contributed by atoms with Crippen LogP contribution in [0.5, 0.6) is 0 Å². The average molecular weight is 431 g/mol. The molecule has 152 valence electrons. The third-order valence-electron chi connectivity index (χ3n) is 4.17. The molecule has 1 amide bonds. The standard InChI is InChI=1S/C20H22N4O3S2/c1-13(2)18(25)21-19-22-23-20(28-19)29(26,27)24-17(15-9-5-4-6-10-15)16-11-7-8-14(3)12-16/h4-13,17,24H,1-3H3,(H,21,22,25). The van der Waals surface area contributed by atoms with Crippen molar-refractivity contribution >= 4 is 32.4 Å². The molecule has 0 radical (unpaired) electrons. The second kappa shape index (κ2) is 8.81. The zero-order valence-electron chi connectivity index (χ0n) is 16.3. The van der Waals surface area contributed by atoms with Gasteiger partial charge in [0.2, 0.25) is 15.4 Å². The second-order valence-electron chi connectivity index (χ2n) is 6.90. The summed E-state index contributed by atoms with van der Waals surface area (Å²) < 4.78 is 28.5. The van der Waals surface area contributed by atoms with Crippen LogP contribution in [0.1, 0.15) is 36.6 Å². The predicted molar refractivity (Wildman–Crippen MR) is 113 cm³/mol. The minimum absolute atomic E-state index is 0.149. The number of anilines is 1. The molecule has 2 N–H and O–H groups in total. The zero-order valence-corrected chi connectivity index (χ0v) is 17.9. The molecule has 1 aromatic heterocycles. The molecule has 29 heavy (non-hydrogen) atoms. The number of carbonyl (C=O) groups excluding carboxylic acids is 1. The highest BCUT2D eigenvalue weighted by atomic mass is 32.2. The van der Waals surface area contributed by atoms with Crippen LogP contribution >= 0.6 is 11.3 Å². The lowest BCUT2D eigenvalue weighted by molar-refractivity contribution is -0.118. The van der Waals surface area contributed by atoms with Crippen LogP contribution < -0.4 is 10.0 Å². The number of rotatable bonds is 7. The van der Waals surface area contributed by atoms with E-state index in [4.69, 9.17) is 0 Å². The van der Waals surface area contributed by atoms with Gasteiger partial charge in [0.25, 0.3) is 10.0 Å². The number of nitrogens with zero attached hydrogens (tertiary/aromatic N) is 2. The van der Waals surface area contributed by atoms with Gasteiger partial charge in [-0.1, -0.05) is 85.3 Å². The quantitative estimate of drug-likeness (QED) is 0.559. The molecule has 3 rings (SSSR count). The van der Waals surface area contributed by atoms with Crippen molar-refractivity contribution in [3.05, 3.63) is 71.3 Å². The molecular weight excluding hydrogens is 408 g/mol. The van der Waals surface area contributed by atoms with Gasteiger partial charge in [-0.15, -0.1) is 10.2 Å². The summed E-state index contributed by atoms with van der Waals surface area (Å²) >= 11 is 0.816. The number of amides is 1. The highest BCUT2D eigenvalue weighted by molar-refractivity contribution is 7.91. The van der Waals surface area contributed by atoms with Gasteiger partial charge in [0, 0.05) is 5.92 Å². The first-order valence-corrected chi connectivity index (χ1v) is 11.3. The minimum atomic E-state index is -3.96. The van der Waals surface area contributed by atoms with Crippen LogP contribution in [0, 0.1) is 12.8 Å². The van der Waals surface area contributed by atoms with E-state index >= 15 is 0 Å². The fourth-order valence-corrected chi connectivity index (χ4v) is 4.78. The Morgan fingerprint density at radius 1 is 1.00 bits per heavy atom. The Labute approximate surface area is 174 Å². The highest BCUT2D eigenvalue weighted by Crippen LogP contribution is 2.27. The van der Waals surface area contributed by atoms with Gasteiger partial charge in [-0.2, -0.15) is 4.72 Å².